The van der Waals surface area contributed by atoms with E-state index >= 15 is 0 Å². The molecule has 0 aliphatic carbocycles. The van der Waals surface area contributed by atoms with E-state index in [4.69, 9.17) is 4.74 Å². The molecule has 1 aliphatic heterocycles. The lowest BCUT2D eigenvalue weighted by molar-refractivity contribution is -0.152. The largest absolute Gasteiger partial charge is 0.461 e. The van der Waals surface area contributed by atoms with Gasteiger partial charge in [-0.2, -0.15) is 0 Å². The van der Waals surface area contributed by atoms with Crippen molar-refractivity contribution in [3.05, 3.63) is 35.9 Å². The number of ether oxygens (including phenoxy) is 1. The zero-order valence-electron chi connectivity index (χ0n) is 10.4. The Labute approximate surface area is 102 Å². The van der Waals surface area contributed by atoms with E-state index in [1.807, 2.05) is 30.3 Å². The molecule has 0 bridgehead atoms. The van der Waals surface area contributed by atoms with Crippen molar-refractivity contribution in [1.29, 1.82) is 0 Å². The summed E-state index contributed by atoms with van der Waals surface area (Å²) in [6.45, 7) is 6.16. The summed E-state index contributed by atoms with van der Waals surface area (Å²) < 4.78 is 5.37. The van der Waals surface area contributed by atoms with Gasteiger partial charge in [0.1, 0.15) is 6.61 Å². The fourth-order valence-corrected chi connectivity index (χ4v) is 2.17. The van der Waals surface area contributed by atoms with Crippen LogP contribution in [0.15, 0.2) is 30.3 Å². The Hall–Kier alpha value is -1.35. The van der Waals surface area contributed by atoms with Crippen LogP contribution in [0.5, 0.6) is 0 Å². The van der Waals surface area contributed by atoms with Crippen molar-refractivity contribution in [3.8, 4) is 0 Å². The molecular formula is C14H19NO2. The summed E-state index contributed by atoms with van der Waals surface area (Å²) in [5, 5.41) is 3.24. The molecule has 0 spiro atoms. The highest BCUT2D eigenvalue weighted by Crippen LogP contribution is 2.31. The minimum atomic E-state index is -0.0937. The third kappa shape index (κ3) is 2.86. The van der Waals surface area contributed by atoms with Crippen LogP contribution in [0.2, 0.25) is 0 Å². The summed E-state index contributed by atoms with van der Waals surface area (Å²) in [7, 11) is 0. The first-order valence-corrected chi connectivity index (χ1v) is 6.01. The molecular weight excluding hydrogens is 214 g/mol. The molecule has 0 radical (unpaired) electrons. The predicted octanol–water partition coefficient (Wildman–Crippen LogP) is 1.98. The first kappa shape index (κ1) is 12.1. The molecule has 1 fully saturated rings. The smallest absolute Gasteiger partial charge is 0.311 e. The van der Waals surface area contributed by atoms with E-state index in [1.54, 1.807) is 0 Å². The van der Waals surface area contributed by atoms with Gasteiger partial charge in [0.05, 0.1) is 5.92 Å². The molecule has 1 saturated heterocycles. The lowest BCUT2D eigenvalue weighted by Gasteiger charge is -2.23. The van der Waals surface area contributed by atoms with Crippen molar-refractivity contribution in [2.24, 2.45) is 11.3 Å². The van der Waals surface area contributed by atoms with Crippen LogP contribution in [0.1, 0.15) is 19.4 Å². The first-order valence-electron chi connectivity index (χ1n) is 6.01. The standard InChI is InChI=1S/C14H19NO2/c1-14(2)10-15-8-12(14)13(16)17-9-11-6-4-3-5-7-11/h3-7,12,15H,8-10H2,1-2H3. The average Bonchev–Trinajstić information content (AvgIpc) is 2.67. The van der Waals surface area contributed by atoms with Crippen LogP contribution in [0, 0.1) is 11.3 Å². The first-order chi connectivity index (χ1) is 8.09. The number of hydrogen-bond acceptors (Lipinski definition) is 3. The molecule has 3 heteroatoms. The maximum Gasteiger partial charge on any atom is 0.311 e. The third-order valence-electron chi connectivity index (χ3n) is 3.38. The number of rotatable bonds is 3. The molecule has 0 saturated carbocycles. The molecule has 0 aromatic heterocycles. The van der Waals surface area contributed by atoms with Gasteiger partial charge in [0.15, 0.2) is 0 Å². The summed E-state index contributed by atoms with van der Waals surface area (Å²) in [5.41, 5.74) is 1.03. The van der Waals surface area contributed by atoms with Crippen LogP contribution >= 0.6 is 0 Å². The fourth-order valence-electron chi connectivity index (χ4n) is 2.17. The Morgan fingerprint density at radius 1 is 1.41 bits per heavy atom. The van der Waals surface area contributed by atoms with Crippen LogP contribution in [0.3, 0.4) is 0 Å². The van der Waals surface area contributed by atoms with Crippen LogP contribution < -0.4 is 5.32 Å². The van der Waals surface area contributed by atoms with Crippen molar-refractivity contribution in [2.45, 2.75) is 20.5 Å². The van der Waals surface area contributed by atoms with Gasteiger partial charge in [0, 0.05) is 13.1 Å². The van der Waals surface area contributed by atoms with Crippen molar-refractivity contribution in [3.63, 3.8) is 0 Å². The van der Waals surface area contributed by atoms with Crippen molar-refractivity contribution >= 4 is 5.97 Å². The van der Waals surface area contributed by atoms with Gasteiger partial charge in [-0.1, -0.05) is 44.2 Å². The summed E-state index contributed by atoms with van der Waals surface area (Å²) in [5.74, 6) is -0.130. The quantitative estimate of drug-likeness (QED) is 0.811. The normalized spacial score (nSPS) is 22.4. The fraction of sp³-hybridized carbons (Fsp3) is 0.500. The maximum atomic E-state index is 12.0. The van der Waals surface area contributed by atoms with Crippen LogP contribution in [0.25, 0.3) is 0 Å². The molecule has 1 N–H and O–H groups in total. The second-order valence-electron chi connectivity index (χ2n) is 5.27. The Morgan fingerprint density at radius 2 is 2.12 bits per heavy atom. The molecule has 1 aromatic carbocycles. The lowest BCUT2D eigenvalue weighted by atomic mass is 9.82. The predicted molar refractivity (Wildman–Crippen MR) is 66.4 cm³/mol. The van der Waals surface area contributed by atoms with E-state index in [1.165, 1.54) is 0 Å². The minimum absolute atomic E-state index is 0.00618. The molecule has 92 valence electrons. The second-order valence-corrected chi connectivity index (χ2v) is 5.27. The maximum absolute atomic E-state index is 12.0. The van der Waals surface area contributed by atoms with Gasteiger partial charge in [-0.05, 0) is 11.0 Å². The summed E-state index contributed by atoms with van der Waals surface area (Å²) >= 11 is 0. The third-order valence-corrected chi connectivity index (χ3v) is 3.38. The van der Waals surface area contributed by atoms with Crippen molar-refractivity contribution in [1.82, 2.24) is 5.32 Å². The highest BCUT2D eigenvalue weighted by Gasteiger charge is 2.40. The van der Waals surface area contributed by atoms with Crippen molar-refractivity contribution < 1.29 is 9.53 Å². The zero-order chi connectivity index (χ0) is 12.3. The zero-order valence-corrected chi connectivity index (χ0v) is 10.4. The summed E-state index contributed by atoms with van der Waals surface area (Å²) in [6.07, 6.45) is 0. The highest BCUT2D eigenvalue weighted by molar-refractivity contribution is 5.74. The Kier molecular flexibility index (Phi) is 3.48. The molecule has 1 atom stereocenters. The van der Waals surface area contributed by atoms with Gasteiger partial charge < -0.3 is 10.1 Å². The van der Waals surface area contributed by atoms with Gasteiger partial charge in [-0.3, -0.25) is 4.79 Å². The Morgan fingerprint density at radius 3 is 2.71 bits per heavy atom. The van der Waals surface area contributed by atoms with Gasteiger partial charge >= 0.3 is 5.97 Å². The number of carbonyl (C=O) groups is 1. The van der Waals surface area contributed by atoms with Crippen LogP contribution in [-0.2, 0) is 16.1 Å². The van der Waals surface area contributed by atoms with Crippen LogP contribution in [0.4, 0.5) is 0 Å². The van der Waals surface area contributed by atoms with Crippen molar-refractivity contribution in [2.75, 3.05) is 13.1 Å². The number of benzene rings is 1. The lowest BCUT2D eigenvalue weighted by Crippen LogP contribution is -2.30. The number of nitrogens with one attached hydrogen (secondary N) is 1. The van der Waals surface area contributed by atoms with E-state index < -0.39 is 0 Å². The van der Waals surface area contributed by atoms with E-state index in [-0.39, 0.29) is 17.3 Å². The second kappa shape index (κ2) is 4.88. The molecule has 1 heterocycles. The van der Waals surface area contributed by atoms with E-state index in [9.17, 15) is 4.79 Å². The number of hydrogen-bond donors (Lipinski definition) is 1. The van der Waals surface area contributed by atoms with Gasteiger partial charge in [0.25, 0.3) is 0 Å². The molecule has 17 heavy (non-hydrogen) atoms. The van der Waals surface area contributed by atoms with E-state index in [0.29, 0.717) is 6.61 Å². The minimum Gasteiger partial charge on any atom is -0.461 e. The summed E-state index contributed by atoms with van der Waals surface area (Å²) in [6, 6.07) is 9.78. The monoisotopic (exact) mass is 233 g/mol. The van der Waals surface area contributed by atoms with Gasteiger partial charge in [0.2, 0.25) is 0 Å². The van der Waals surface area contributed by atoms with Gasteiger partial charge in [-0.15, -0.1) is 0 Å². The number of esters is 1. The average molecular weight is 233 g/mol. The topological polar surface area (TPSA) is 38.3 Å². The highest BCUT2D eigenvalue weighted by atomic mass is 16.5. The molecule has 1 aliphatic rings. The van der Waals surface area contributed by atoms with E-state index in [2.05, 4.69) is 19.2 Å². The Balaban J connectivity index is 1.90. The van der Waals surface area contributed by atoms with Crippen LogP contribution in [-0.4, -0.2) is 19.1 Å². The molecule has 2 rings (SSSR count). The van der Waals surface area contributed by atoms with Gasteiger partial charge in [-0.25, -0.2) is 0 Å². The molecule has 1 unspecified atom stereocenters. The number of carbonyl (C=O) groups excluding carboxylic acids is 1. The molecule has 0 amide bonds. The SMILES string of the molecule is CC1(C)CNCC1C(=O)OCc1ccccc1. The Bertz CT molecular complexity index is 386. The summed E-state index contributed by atoms with van der Waals surface area (Å²) in [4.78, 5) is 12.0. The molecule has 1 aromatic rings. The molecule has 3 nitrogen and oxygen atoms in total. The van der Waals surface area contributed by atoms with E-state index in [0.717, 1.165) is 18.7 Å².